The molecule has 2 heterocycles. The van der Waals surface area contributed by atoms with Crippen LogP contribution in [0.25, 0.3) is 110 Å². The summed E-state index contributed by atoms with van der Waals surface area (Å²) in [6.07, 6.45) is 0. The lowest BCUT2D eigenvalue weighted by atomic mass is 9.82. The van der Waals surface area contributed by atoms with Crippen molar-refractivity contribution < 1.29 is 8.83 Å². The third-order valence-electron chi connectivity index (χ3n) is 14.9. The Morgan fingerprint density at radius 2 is 0.800 bits per heavy atom. The van der Waals surface area contributed by atoms with Crippen LogP contribution in [-0.4, -0.2) is 0 Å². The number of anilines is 3. The van der Waals surface area contributed by atoms with Crippen molar-refractivity contribution in [2.45, 2.75) is 19.3 Å². The lowest BCUT2D eigenvalue weighted by Crippen LogP contribution is -2.16. The fourth-order valence-electron chi connectivity index (χ4n) is 11.5. The summed E-state index contributed by atoms with van der Waals surface area (Å²) in [4.78, 5) is 2.40. The van der Waals surface area contributed by atoms with Crippen molar-refractivity contribution in [1.82, 2.24) is 0 Å². The third-order valence-corrected chi connectivity index (χ3v) is 14.9. The van der Waals surface area contributed by atoms with Gasteiger partial charge in [-0.2, -0.15) is 0 Å². The topological polar surface area (TPSA) is 29.5 Å². The molecular formula is C67H45NO2. The van der Waals surface area contributed by atoms with Crippen molar-refractivity contribution in [3.63, 3.8) is 0 Å². The maximum absolute atomic E-state index is 6.82. The second-order valence-corrected chi connectivity index (χ2v) is 19.2. The molecular weight excluding hydrogens is 851 g/mol. The number of furan rings is 2. The Bertz CT molecular complexity index is 4180. The molecule has 0 radical (unpaired) electrons. The highest BCUT2D eigenvalue weighted by Crippen LogP contribution is 2.52. The van der Waals surface area contributed by atoms with Crippen LogP contribution in [0.1, 0.15) is 25.0 Å². The molecule has 2 aromatic heterocycles. The van der Waals surface area contributed by atoms with Crippen LogP contribution in [0, 0.1) is 0 Å². The van der Waals surface area contributed by atoms with E-state index in [0.29, 0.717) is 0 Å². The number of hydrogen-bond donors (Lipinski definition) is 0. The van der Waals surface area contributed by atoms with Crippen molar-refractivity contribution >= 4 is 71.7 Å². The zero-order valence-electron chi connectivity index (χ0n) is 38.8. The van der Waals surface area contributed by atoms with Gasteiger partial charge in [0.25, 0.3) is 0 Å². The van der Waals surface area contributed by atoms with Crippen LogP contribution in [0.2, 0.25) is 0 Å². The summed E-state index contributed by atoms with van der Waals surface area (Å²) in [6, 6.07) is 85.6. The van der Waals surface area contributed by atoms with Gasteiger partial charge >= 0.3 is 0 Å². The predicted molar refractivity (Wildman–Crippen MR) is 292 cm³/mol. The van der Waals surface area contributed by atoms with E-state index in [1.165, 1.54) is 38.9 Å². The Kier molecular flexibility index (Phi) is 8.93. The number of nitrogens with zero attached hydrogens (tertiary/aromatic N) is 1. The highest BCUT2D eigenvalue weighted by molar-refractivity contribution is 6.26. The van der Waals surface area contributed by atoms with E-state index < -0.39 is 0 Å². The van der Waals surface area contributed by atoms with E-state index in [2.05, 4.69) is 243 Å². The van der Waals surface area contributed by atoms with E-state index in [-0.39, 0.29) is 5.41 Å². The van der Waals surface area contributed by atoms with Crippen LogP contribution >= 0.6 is 0 Å². The van der Waals surface area contributed by atoms with E-state index in [0.717, 1.165) is 99.5 Å². The molecule has 1 aliphatic rings. The summed E-state index contributed by atoms with van der Waals surface area (Å²) in [5.74, 6) is 0. The number of rotatable bonds is 7. The van der Waals surface area contributed by atoms with Gasteiger partial charge < -0.3 is 13.7 Å². The molecule has 3 heteroatoms. The SMILES string of the molecule is CC1(C)c2ccccc2-c2ccc(N(c3ccc(-c4cccc5c4oc4ccccc45)cc3)c3ccc(-c4c(-c5ccc(-c6ccccc6)cc5)c5ccccc5c5oc6ccccc6c45)cc3)cc21. The summed E-state index contributed by atoms with van der Waals surface area (Å²) in [7, 11) is 0. The molecule has 0 spiro atoms. The van der Waals surface area contributed by atoms with Crippen LogP contribution < -0.4 is 4.90 Å². The lowest BCUT2D eigenvalue weighted by molar-refractivity contribution is 0.660. The van der Waals surface area contributed by atoms with Gasteiger partial charge in [-0.1, -0.05) is 202 Å². The third kappa shape index (κ3) is 6.15. The summed E-state index contributed by atoms with van der Waals surface area (Å²) < 4.78 is 13.3. The Labute approximate surface area is 406 Å². The maximum Gasteiger partial charge on any atom is 0.143 e. The first-order chi connectivity index (χ1) is 34.5. The largest absolute Gasteiger partial charge is 0.455 e. The second kappa shape index (κ2) is 15.6. The quantitative estimate of drug-likeness (QED) is 0.160. The molecule has 0 unspecified atom stereocenters. The van der Waals surface area contributed by atoms with E-state index in [4.69, 9.17) is 8.83 Å². The smallest absolute Gasteiger partial charge is 0.143 e. The molecule has 0 aliphatic heterocycles. The standard InChI is InChI=1S/C67H45NO2/c1-67(2)58-24-11-8-17-51(58)52-40-39-49(41-59(52)67)68(47-35-31-44(32-36-47)50-22-14-23-55-53-18-9-12-25-60(53)69-65(50)55)48-37-33-46(34-38-48)63-62(45-29-27-43(28-30-45)42-15-4-3-5-16-42)54-19-6-7-20-56(54)66-64(63)57-21-10-13-26-61(57)70-66/h3-41H,1-2H3. The molecule has 0 bridgehead atoms. The van der Waals surface area contributed by atoms with Crippen molar-refractivity contribution in [2.24, 2.45) is 0 Å². The van der Waals surface area contributed by atoms with Gasteiger partial charge in [0.1, 0.15) is 22.3 Å². The Morgan fingerprint density at radius 1 is 0.314 bits per heavy atom. The van der Waals surface area contributed by atoms with Crippen LogP contribution in [0.5, 0.6) is 0 Å². The van der Waals surface area contributed by atoms with Gasteiger partial charge in [0, 0.05) is 60.5 Å². The van der Waals surface area contributed by atoms with Gasteiger partial charge in [0.2, 0.25) is 0 Å². The van der Waals surface area contributed by atoms with Gasteiger partial charge in [-0.15, -0.1) is 0 Å². The van der Waals surface area contributed by atoms with Crippen LogP contribution in [-0.2, 0) is 5.41 Å². The summed E-state index contributed by atoms with van der Waals surface area (Å²) in [5.41, 5.74) is 21.2. The molecule has 0 saturated heterocycles. The molecule has 0 amide bonds. The molecule has 330 valence electrons. The molecule has 11 aromatic carbocycles. The molecule has 0 saturated carbocycles. The fourth-order valence-corrected chi connectivity index (χ4v) is 11.5. The zero-order chi connectivity index (χ0) is 46.5. The predicted octanol–water partition coefficient (Wildman–Crippen LogP) is 19.1. The van der Waals surface area contributed by atoms with Crippen molar-refractivity contribution in [3.8, 4) is 55.6 Å². The molecule has 13 aromatic rings. The van der Waals surface area contributed by atoms with Crippen LogP contribution in [0.15, 0.2) is 245 Å². The Morgan fingerprint density at radius 3 is 1.56 bits per heavy atom. The normalized spacial score (nSPS) is 12.8. The monoisotopic (exact) mass is 895 g/mol. The first-order valence-electron chi connectivity index (χ1n) is 24.2. The van der Waals surface area contributed by atoms with Crippen LogP contribution in [0.4, 0.5) is 17.1 Å². The average Bonchev–Trinajstić information content (AvgIpc) is 4.07. The van der Waals surface area contributed by atoms with Gasteiger partial charge in [-0.05, 0) is 110 Å². The zero-order valence-corrected chi connectivity index (χ0v) is 38.8. The first kappa shape index (κ1) is 40.2. The number of fused-ring (bicyclic) bond motifs is 11. The molecule has 70 heavy (non-hydrogen) atoms. The van der Waals surface area contributed by atoms with E-state index in [9.17, 15) is 0 Å². The minimum absolute atomic E-state index is 0.156. The first-order valence-corrected chi connectivity index (χ1v) is 24.2. The summed E-state index contributed by atoms with van der Waals surface area (Å²) in [5, 5.41) is 6.74. The molecule has 0 atom stereocenters. The highest BCUT2D eigenvalue weighted by Gasteiger charge is 2.36. The van der Waals surface area contributed by atoms with Gasteiger partial charge in [-0.25, -0.2) is 0 Å². The Hall–Kier alpha value is -8.92. The van der Waals surface area contributed by atoms with Crippen molar-refractivity contribution in [3.05, 3.63) is 248 Å². The number of hydrogen-bond acceptors (Lipinski definition) is 3. The number of benzene rings is 11. The Balaban J connectivity index is 0.947. The summed E-state index contributed by atoms with van der Waals surface area (Å²) >= 11 is 0. The van der Waals surface area contributed by atoms with Crippen LogP contribution in [0.3, 0.4) is 0 Å². The minimum atomic E-state index is -0.156. The lowest BCUT2D eigenvalue weighted by Gasteiger charge is -2.28. The van der Waals surface area contributed by atoms with E-state index in [1.807, 2.05) is 12.1 Å². The summed E-state index contributed by atoms with van der Waals surface area (Å²) in [6.45, 7) is 4.70. The molecule has 0 N–H and O–H groups in total. The number of para-hydroxylation sites is 3. The maximum atomic E-state index is 6.82. The van der Waals surface area contributed by atoms with E-state index >= 15 is 0 Å². The van der Waals surface area contributed by atoms with Gasteiger partial charge in [-0.3, -0.25) is 0 Å². The molecule has 3 nitrogen and oxygen atoms in total. The fraction of sp³-hybridized carbons (Fsp3) is 0.0448. The second-order valence-electron chi connectivity index (χ2n) is 19.2. The highest BCUT2D eigenvalue weighted by atomic mass is 16.3. The minimum Gasteiger partial charge on any atom is -0.455 e. The molecule has 1 aliphatic carbocycles. The molecule has 14 rings (SSSR count). The van der Waals surface area contributed by atoms with E-state index in [1.54, 1.807) is 0 Å². The average molecular weight is 896 g/mol. The van der Waals surface area contributed by atoms with Crippen molar-refractivity contribution in [1.29, 1.82) is 0 Å². The van der Waals surface area contributed by atoms with Crippen molar-refractivity contribution in [2.75, 3.05) is 4.90 Å². The molecule has 0 fully saturated rings. The van der Waals surface area contributed by atoms with Gasteiger partial charge in [0.05, 0.1) is 0 Å². The van der Waals surface area contributed by atoms with Gasteiger partial charge in [0.15, 0.2) is 0 Å².